The van der Waals surface area contributed by atoms with E-state index in [1.54, 1.807) is 6.20 Å². The summed E-state index contributed by atoms with van der Waals surface area (Å²) >= 11 is 8.68. The Hall–Kier alpha value is -5.92. The number of nitrogens with one attached hydrogen (secondary N) is 8. The third kappa shape index (κ3) is 15.8. The molecule has 0 unspecified atom stereocenters. The van der Waals surface area contributed by atoms with E-state index in [4.69, 9.17) is 5.73 Å². The van der Waals surface area contributed by atoms with E-state index < -0.39 is 120 Å². The highest BCUT2D eigenvalue weighted by Crippen LogP contribution is 2.22. The van der Waals surface area contributed by atoms with Crippen molar-refractivity contribution in [1.82, 2.24) is 56.9 Å². The van der Waals surface area contributed by atoms with Gasteiger partial charge in [0.05, 0.1) is 6.42 Å². The van der Waals surface area contributed by atoms with Crippen LogP contribution in [0.1, 0.15) is 76.2 Å². The van der Waals surface area contributed by atoms with E-state index in [-0.39, 0.29) is 76.1 Å². The molecule has 1 aromatic carbocycles. The summed E-state index contributed by atoms with van der Waals surface area (Å²) in [4.78, 5) is 145. The molecule has 72 heavy (non-hydrogen) atoms. The zero-order valence-corrected chi connectivity index (χ0v) is 42.6. The van der Waals surface area contributed by atoms with Gasteiger partial charge in [-0.05, 0) is 96.5 Å². The predicted molar refractivity (Wildman–Crippen MR) is 271 cm³/mol. The molecule has 3 aliphatic rings. The zero-order valence-electron chi connectivity index (χ0n) is 40.8. The number of para-hydroxylation sites is 1. The molecule has 5 rings (SSSR count). The van der Waals surface area contributed by atoms with E-state index in [0.29, 0.717) is 37.8 Å². The molecule has 4 heterocycles. The van der Waals surface area contributed by atoms with E-state index >= 15 is 0 Å². The van der Waals surface area contributed by atoms with Crippen molar-refractivity contribution in [3.63, 3.8) is 0 Å². The summed E-state index contributed by atoms with van der Waals surface area (Å²) in [5.74, 6) is -8.01. The lowest BCUT2D eigenvalue weighted by Gasteiger charge is -2.30. The van der Waals surface area contributed by atoms with Crippen molar-refractivity contribution in [2.24, 2.45) is 5.73 Å². The lowest BCUT2D eigenvalue weighted by molar-refractivity contribution is -0.143. The Morgan fingerprint density at radius 1 is 0.750 bits per heavy atom. The summed E-state index contributed by atoms with van der Waals surface area (Å²) in [7, 11) is 3.78. The first kappa shape index (κ1) is 57.0. The molecule has 0 radical (unpaired) electrons. The molecule has 23 nitrogen and oxygen atoms in total. The molecule has 396 valence electrons. The van der Waals surface area contributed by atoms with Gasteiger partial charge in [-0.3, -0.25) is 47.9 Å². The van der Waals surface area contributed by atoms with Crippen LogP contribution in [0, 0.1) is 0 Å². The highest BCUT2D eigenvalue weighted by Gasteiger charge is 2.41. The van der Waals surface area contributed by atoms with Crippen LogP contribution in [0.4, 0.5) is 0 Å². The van der Waals surface area contributed by atoms with Gasteiger partial charge in [-0.1, -0.05) is 18.2 Å². The van der Waals surface area contributed by atoms with Gasteiger partial charge >= 0.3 is 0 Å². The maximum atomic E-state index is 14.4. The second-order valence-electron chi connectivity index (χ2n) is 18.6. The summed E-state index contributed by atoms with van der Waals surface area (Å²) in [6, 6.07) is -2.71. The molecule has 3 aliphatic heterocycles. The number of aliphatic hydroxyl groups excluding tert-OH is 1. The van der Waals surface area contributed by atoms with Crippen LogP contribution in [-0.2, 0) is 54.4 Å². The van der Waals surface area contributed by atoms with Gasteiger partial charge in [-0.15, -0.1) is 0 Å². The number of carbonyl (C=O) groups excluding carboxylic acids is 10. The van der Waals surface area contributed by atoms with Crippen LogP contribution in [0.2, 0.25) is 0 Å². The van der Waals surface area contributed by atoms with Crippen molar-refractivity contribution in [3.8, 4) is 0 Å². The maximum Gasteiger partial charge on any atom is 0.248 e. The lowest BCUT2D eigenvalue weighted by atomic mass is 10.0. The Kier molecular flexibility index (Phi) is 22.0. The molecular weight excluding hydrogens is 973 g/mol. The fourth-order valence-electron chi connectivity index (χ4n) is 9.19. The monoisotopic (exact) mass is 1040 g/mol. The summed E-state index contributed by atoms with van der Waals surface area (Å²) < 4.78 is 0. The highest BCUT2D eigenvalue weighted by molar-refractivity contribution is 7.80. The standard InChI is InChI=1S/C47H70N12O11S2/c1-57(2)18-8-6-14-30-42(65)54-32(21-27-23-50-29-12-4-3-11-28(27)29)44(67)56-34(25-71)41(64)49-17-7-5-13-31(53-46(69)37-16-10-19-58(37)39(62)24-60)43(66)55-33(22-38(61)51-35(26-72)45(68)52-30)47(70)59-20-9-15-36(59)40(48)63/h3-4,11-12,23,30-37,50,60,71-72H,5-10,13-22,24-26H2,1-2H3,(H2,48,63)(H,49,64)(H,51,61)(H,52,68)(H,53,69)(H,54,65)(H,55,66)(H,56,67)/t30-,31-,32-,33-,34+,35+,36-,37-/m0/s1. The van der Waals surface area contributed by atoms with Gasteiger partial charge in [0.1, 0.15) is 54.9 Å². The van der Waals surface area contributed by atoms with Crippen molar-refractivity contribution in [1.29, 1.82) is 0 Å². The Labute approximate surface area is 429 Å². The molecule has 11 N–H and O–H groups in total. The minimum atomic E-state index is -1.65. The Morgan fingerprint density at radius 3 is 2.08 bits per heavy atom. The smallest absolute Gasteiger partial charge is 0.248 e. The normalized spacial score (nSPS) is 25.8. The van der Waals surface area contributed by atoms with Gasteiger partial charge in [0, 0.05) is 54.7 Å². The average molecular weight is 1040 g/mol. The average Bonchev–Trinajstić information content (AvgIpc) is 4.15. The molecule has 3 saturated heterocycles. The van der Waals surface area contributed by atoms with E-state index in [0.717, 1.165) is 10.9 Å². The number of H-pyrrole nitrogens is 1. The lowest BCUT2D eigenvalue weighted by Crippen LogP contribution is -2.60. The third-order valence-electron chi connectivity index (χ3n) is 13.1. The molecule has 0 spiro atoms. The van der Waals surface area contributed by atoms with Gasteiger partial charge in [0.15, 0.2) is 0 Å². The number of aromatic amines is 1. The van der Waals surface area contributed by atoms with Crippen molar-refractivity contribution < 1.29 is 53.1 Å². The number of aliphatic hydroxyl groups is 1. The fourth-order valence-corrected chi connectivity index (χ4v) is 9.71. The Morgan fingerprint density at radius 2 is 1.39 bits per heavy atom. The molecule has 25 heteroatoms. The molecule has 10 amide bonds. The number of thiol groups is 2. The zero-order chi connectivity index (χ0) is 52.5. The highest BCUT2D eigenvalue weighted by atomic mass is 32.1. The second kappa shape index (κ2) is 27.8. The molecular formula is C47H70N12O11S2. The summed E-state index contributed by atoms with van der Waals surface area (Å²) in [5.41, 5.74) is 7.12. The van der Waals surface area contributed by atoms with Crippen LogP contribution in [0.5, 0.6) is 0 Å². The van der Waals surface area contributed by atoms with Crippen molar-refractivity contribution in [3.05, 3.63) is 36.0 Å². The van der Waals surface area contributed by atoms with Gasteiger partial charge in [-0.25, -0.2) is 0 Å². The quantitative estimate of drug-likeness (QED) is 0.0683. The van der Waals surface area contributed by atoms with Gasteiger partial charge in [-0.2, -0.15) is 25.3 Å². The van der Waals surface area contributed by atoms with E-state index in [1.165, 1.54) is 9.80 Å². The molecule has 3 fully saturated rings. The second-order valence-corrected chi connectivity index (χ2v) is 19.4. The number of amides is 10. The molecule has 2 aromatic rings. The van der Waals surface area contributed by atoms with E-state index in [2.05, 4.69) is 67.5 Å². The molecule has 0 aliphatic carbocycles. The first-order chi connectivity index (χ1) is 34.4. The fraction of sp³-hybridized carbons (Fsp3) is 0.617. The van der Waals surface area contributed by atoms with Crippen LogP contribution in [0.3, 0.4) is 0 Å². The largest absolute Gasteiger partial charge is 0.387 e. The van der Waals surface area contributed by atoms with E-state index in [1.807, 2.05) is 43.3 Å². The first-order valence-corrected chi connectivity index (χ1v) is 25.7. The van der Waals surface area contributed by atoms with Crippen LogP contribution < -0.4 is 43.0 Å². The predicted octanol–water partition coefficient (Wildman–Crippen LogP) is -2.64. The van der Waals surface area contributed by atoms with Crippen LogP contribution in [0.15, 0.2) is 30.5 Å². The van der Waals surface area contributed by atoms with Crippen LogP contribution in [-0.4, -0.2) is 191 Å². The van der Waals surface area contributed by atoms with Crippen molar-refractivity contribution in [2.75, 3.05) is 58.4 Å². The van der Waals surface area contributed by atoms with Gasteiger partial charge in [0.25, 0.3) is 0 Å². The van der Waals surface area contributed by atoms with E-state index in [9.17, 15) is 53.1 Å². The number of hydrogen-bond acceptors (Lipinski definition) is 14. The van der Waals surface area contributed by atoms with Crippen LogP contribution in [0.25, 0.3) is 10.9 Å². The Bertz CT molecular complexity index is 2280. The number of nitrogens with two attached hydrogens (primary N) is 1. The molecule has 0 saturated carbocycles. The number of hydrogen-bond donors (Lipinski definition) is 12. The number of rotatable bonds is 14. The molecule has 8 atom stereocenters. The summed E-state index contributed by atoms with van der Waals surface area (Å²) in [5, 5.41) is 29.2. The van der Waals surface area contributed by atoms with Gasteiger partial charge in [0.2, 0.25) is 59.1 Å². The summed E-state index contributed by atoms with van der Waals surface area (Å²) in [6.45, 7) is 0.164. The molecule has 1 aromatic heterocycles. The molecule has 0 bridgehead atoms. The summed E-state index contributed by atoms with van der Waals surface area (Å²) in [6.07, 6.45) is 3.90. The SMILES string of the molecule is CN(C)CCCC[C@@H]1NC(=O)[C@@H](CS)NC(=O)C[C@@H](C(=O)N2CCC[C@H]2C(N)=O)NC(=O)[C@@H](NC(=O)[C@@H]2CCCN2C(=O)CO)CCCCNC(=O)[C@@H](CS)NC(=O)[C@H](Cc2c[nH]c3ccccc23)NC1=O. The van der Waals surface area contributed by atoms with Crippen LogP contribution >= 0.6 is 25.3 Å². The number of fused-ring (bicyclic) bond motifs is 1. The number of likely N-dealkylation sites (tertiary alicyclic amines) is 2. The number of benzene rings is 1. The van der Waals surface area contributed by atoms with Crippen molar-refractivity contribution >= 4 is 95.2 Å². The number of nitrogens with zero attached hydrogens (tertiary/aromatic N) is 3. The number of carbonyl (C=O) groups is 10. The minimum absolute atomic E-state index is 0.0163. The maximum absolute atomic E-state index is 14.4. The number of primary amides is 1. The first-order valence-electron chi connectivity index (χ1n) is 24.5. The number of unbranched alkanes of at least 4 members (excludes halogenated alkanes) is 1. The topological polar surface area (TPSA) is 327 Å². The third-order valence-corrected chi connectivity index (χ3v) is 13.8. The minimum Gasteiger partial charge on any atom is -0.387 e. The van der Waals surface area contributed by atoms with Crippen molar-refractivity contribution in [2.45, 2.75) is 125 Å². The number of aromatic nitrogens is 1. The van der Waals surface area contributed by atoms with Gasteiger partial charge < -0.3 is 67.7 Å². The Balaban J connectivity index is 1.48.